The molecule has 4 aromatic rings. The lowest BCUT2D eigenvalue weighted by molar-refractivity contribution is 0.102. The number of aromatic nitrogens is 3. The van der Waals surface area contributed by atoms with Crippen LogP contribution in [0.1, 0.15) is 15.9 Å². The fourth-order valence-corrected chi connectivity index (χ4v) is 2.88. The fourth-order valence-electron chi connectivity index (χ4n) is 2.88. The predicted molar refractivity (Wildman–Crippen MR) is 101 cm³/mol. The first-order valence-corrected chi connectivity index (χ1v) is 8.24. The van der Waals surface area contributed by atoms with Crippen molar-refractivity contribution in [2.24, 2.45) is 5.73 Å². The second kappa shape index (κ2) is 6.78. The van der Waals surface area contributed by atoms with Crippen molar-refractivity contribution < 1.29 is 4.79 Å². The first-order chi connectivity index (χ1) is 12.7. The number of hydrogen-bond donors (Lipinski definition) is 2. The van der Waals surface area contributed by atoms with Gasteiger partial charge in [-0.25, -0.2) is 9.50 Å². The second-order valence-electron chi connectivity index (χ2n) is 5.87. The Labute approximate surface area is 150 Å². The maximum Gasteiger partial charge on any atom is 0.255 e. The first kappa shape index (κ1) is 16.0. The minimum atomic E-state index is -0.178. The zero-order chi connectivity index (χ0) is 17.9. The molecule has 0 spiro atoms. The van der Waals surface area contributed by atoms with Crippen LogP contribution in [0.15, 0.2) is 73.2 Å². The normalized spacial score (nSPS) is 10.8. The molecule has 0 fully saturated rings. The smallest absolute Gasteiger partial charge is 0.255 e. The van der Waals surface area contributed by atoms with Crippen molar-refractivity contribution in [2.45, 2.75) is 6.54 Å². The molecule has 0 aliphatic carbocycles. The number of benzene rings is 2. The molecule has 0 aliphatic rings. The molecule has 4 rings (SSSR count). The molecule has 6 nitrogen and oxygen atoms in total. The third-order valence-corrected chi connectivity index (χ3v) is 4.23. The highest BCUT2D eigenvalue weighted by Crippen LogP contribution is 2.24. The van der Waals surface area contributed by atoms with Crippen LogP contribution in [0.4, 0.5) is 5.69 Å². The molecule has 26 heavy (non-hydrogen) atoms. The molecule has 2 heterocycles. The minimum absolute atomic E-state index is 0.178. The van der Waals surface area contributed by atoms with E-state index in [2.05, 4.69) is 15.4 Å². The third-order valence-electron chi connectivity index (χ3n) is 4.23. The van der Waals surface area contributed by atoms with Crippen LogP contribution in [0.3, 0.4) is 0 Å². The van der Waals surface area contributed by atoms with Gasteiger partial charge >= 0.3 is 0 Å². The molecule has 2 aromatic heterocycles. The Bertz CT molecular complexity index is 1070. The summed E-state index contributed by atoms with van der Waals surface area (Å²) in [5.74, 6) is -0.178. The van der Waals surface area contributed by atoms with Crippen LogP contribution < -0.4 is 11.1 Å². The molecule has 0 aliphatic heterocycles. The largest absolute Gasteiger partial charge is 0.326 e. The molecular formula is C20H17N5O. The van der Waals surface area contributed by atoms with Crippen molar-refractivity contribution >= 4 is 17.2 Å². The average Bonchev–Trinajstić information content (AvgIpc) is 3.16. The Kier molecular flexibility index (Phi) is 4.17. The third kappa shape index (κ3) is 3.05. The summed E-state index contributed by atoms with van der Waals surface area (Å²) < 4.78 is 1.61. The van der Waals surface area contributed by atoms with E-state index in [9.17, 15) is 4.79 Å². The van der Waals surface area contributed by atoms with E-state index in [0.717, 1.165) is 22.3 Å². The number of nitrogens with two attached hydrogens (primary N) is 1. The van der Waals surface area contributed by atoms with E-state index in [1.807, 2.05) is 48.5 Å². The maximum atomic E-state index is 12.5. The summed E-state index contributed by atoms with van der Waals surface area (Å²) in [5.41, 5.74) is 11.0. The summed E-state index contributed by atoms with van der Waals surface area (Å²) in [6.07, 6.45) is 3.20. The van der Waals surface area contributed by atoms with Crippen molar-refractivity contribution in [3.8, 4) is 11.1 Å². The van der Waals surface area contributed by atoms with Crippen LogP contribution in [0.2, 0.25) is 0 Å². The summed E-state index contributed by atoms with van der Waals surface area (Å²) in [6, 6.07) is 19.1. The number of rotatable bonds is 4. The summed E-state index contributed by atoms with van der Waals surface area (Å²) >= 11 is 0. The molecular weight excluding hydrogens is 326 g/mol. The highest BCUT2D eigenvalue weighted by atomic mass is 16.1. The van der Waals surface area contributed by atoms with Crippen molar-refractivity contribution in [1.82, 2.24) is 14.6 Å². The van der Waals surface area contributed by atoms with Crippen molar-refractivity contribution in [3.63, 3.8) is 0 Å². The molecule has 0 bridgehead atoms. The number of anilines is 1. The minimum Gasteiger partial charge on any atom is -0.326 e. The average molecular weight is 343 g/mol. The molecule has 3 N–H and O–H groups in total. The van der Waals surface area contributed by atoms with E-state index in [0.29, 0.717) is 17.8 Å². The topological polar surface area (TPSA) is 85.3 Å². The van der Waals surface area contributed by atoms with Gasteiger partial charge in [-0.05, 0) is 41.0 Å². The lowest BCUT2D eigenvalue weighted by Gasteiger charge is -2.09. The summed E-state index contributed by atoms with van der Waals surface area (Å²) in [6.45, 7) is 0.475. The van der Waals surface area contributed by atoms with Crippen LogP contribution in [0.5, 0.6) is 0 Å². The second-order valence-corrected chi connectivity index (χ2v) is 5.87. The summed E-state index contributed by atoms with van der Waals surface area (Å²) in [7, 11) is 0. The number of nitrogens with zero attached hydrogens (tertiary/aromatic N) is 3. The number of hydrogen-bond acceptors (Lipinski definition) is 4. The first-order valence-electron chi connectivity index (χ1n) is 8.24. The van der Waals surface area contributed by atoms with Gasteiger partial charge in [0.2, 0.25) is 0 Å². The van der Waals surface area contributed by atoms with Gasteiger partial charge in [0.05, 0.1) is 11.9 Å². The molecule has 0 saturated carbocycles. The molecule has 0 unspecified atom stereocenters. The molecule has 1 amide bonds. The quantitative estimate of drug-likeness (QED) is 0.596. The Hall–Kier alpha value is -3.51. The SMILES string of the molecule is NCc1ccccc1-c1ccc(C(=O)Nc2ccc3ncnn3c2)cc1. The zero-order valence-corrected chi connectivity index (χ0v) is 14.0. The van der Waals surface area contributed by atoms with E-state index in [4.69, 9.17) is 5.73 Å². The lowest BCUT2D eigenvalue weighted by atomic mass is 9.98. The van der Waals surface area contributed by atoms with E-state index < -0.39 is 0 Å². The number of pyridine rings is 1. The van der Waals surface area contributed by atoms with Gasteiger partial charge in [0, 0.05) is 12.1 Å². The highest BCUT2D eigenvalue weighted by molar-refractivity contribution is 6.04. The van der Waals surface area contributed by atoms with Crippen LogP contribution >= 0.6 is 0 Å². The summed E-state index contributed by atoms with van der Waals surface area (Å²) in [4.78, 5) is 16.6. The number of nitrogens with one attached hydrogen (secondary N) is 1. The monoisotopic (exact) mass is 343 g/mol. The Morgan fingerprint density at radius 1 is 1.04 bits per heavy atom. The predicted octanol–water partition coefficient (Wildman–Crippen LogP) is 3.11. The van der Waals surface area contributed by atoms with Crippen LogP contribution in [0.25, 0.3) is 16.8 Å². The van der Waals surface area contributed by atoms with Gasteiger partial charge in [0.15, 0.2) is 5.65 Å². The van der Waals surface area contributed by atoms with Crippen molar-refractivity contribution in [2.75, 3.05) is 5.32 Å². The number of carbonyl (C=O) groups is 1. The molecule has 2 aromatic carbocycles. The van der Waals surface area contributed by atoms with Gasteiger partial charge in [0.1, 0.15) is 6.33 Å². The lowest BCUT2D eigenvalue weighted by Crippen LogP contribution is -2.12. The number of carbonyl (C=O) groups excluding carboxylic acids is 1. The van der Waals surface area contributed by atoms with Gasteiger partial charge in [-0.15, -0.1) is 0 Å². The molecule has 0 radical (unpaired) electrons. The standard InChI is InChI=1S/C20H17N5O/c21-11-16-3-1-2-4-18(16)14-5-7-15(8-6-14)20(26)24-17-9-10-19-22-13-23-25(19)12-17/h1-10,12-13H,11,21H2,(H,24,26). The Morgan fingerprint density at radius 3 is 2.65 bits per heavy atom. The van der Waals surface area contributed by atoms with Gasteiger partial charge in [-0.3, -0.25) is 4.79 Å². The molecule has 128 valence electrons. The van der Waals surface area contributed by atoms with Crippen LogP contribution in [-0.4, -0.2) is 20.5 Å². The van der Waals surface area contributed by atoms with Gasteiger partial charge < -0.3 is 11.1 Å². The highest BCUT2D eigenvalue weighted by Gasteiger charge is 2.09. The van der Waals surface area contributed by atoms with Crippen LogP contribution in [-0.2, 0) is 6.54 Å². The van der Waals surface area contributed by atoms with E-state index in [1.54, 1.807) is 22.8 Å². The Morgan fingerprint density at radius 2 is 1.85 bits per heavy atom. The fraction of sp³-hybridized carbons (Fsp3) is 0.0500. The summed E-state index contributed by atoms with van der Waals surface area (Å²) in [5, 5.41) is 6.94. The van der Waals surface area contributed by atoms with Gasteiger partial charge in [-0.2, -0.15) is 5.10 Å². The number of amides is 1. The Balaban J connectivity index is 1.55. The molecule has 0 saturated heterocycles. The van der Waals surface area contributed by atoms with Crippen LogP contribution in [0, 0.1) is 0 Å². The van der Waals surface area contributed by atoms with E-state index in [-0.39, 0.29) is 5.91 Å². The van der Waals surface area contributed by atoms with E-state index >= 15 is 0 Å². The van der Waals surface area contributed by atoms with Gasteiger partial charge in [-0.1, -0.05) is 36.4 Å². The van der Waals surface area contributed by atoms with Gasteiger partial charge in [0.25, 0.3) is 5.91 Å². The van der Waals surface area contributed by atoms with Crippen molar-refractivity contribution in [3.05, 3.63) is 84.3 Å². The zero-order valence-electron chi connectivity index (χ0n) is 14.0. The molecule has 0 atom stereocenters. The number of fused-ring (bicyclic) bond motifs is 1. The molecule has 6 heteroatoms. The maximum absolute atomic E-state index is 12.5. The van der Waals surface area contributed by atoms with Crippen molar-refractivity contribution in [1.29, 1.82) is 0 Å². The van der Waals surface area contributed by atoms with E-state index in [1.165, 1.54) is 6.33 Å².